The van der Waals surface area contributed by atoms with E-state index in [1.807, 2.05) is 19.1 Å². The highest BCUT2D eigenvalue weighted by Gasteiger charge is 2.26. The Morgan fingerprint density at radius 3 is 2.26 bits per heavy atom. The molecule has 0 unspecified atom stereocenters. The van der Waals surface area contributed by atoms with Gasteiger partial charge in [0.25, 0.3) is 0 Å². The van der Waals surface area contributed by atoms with E-state index < -0.39 is 10.0 Å². The minimum atomic E-state index is -3.13. The number of sulfonamides is 1. The summed E-state index contributed by atoms with van der Waals surface area (Å²) >= 11 is 0. The van der Waals surface area contributed by atoms with Gasteiger partial charge in [-0.15, -0.1) is 0 Å². The fourth-order valence-electron chi connectivity index (χ4n) is 2.61. The van der Waals surface area contributed by atoms with Crippen LogP contribution in [0, 0.1) is 0 Å². The highest BCUT2D eigenvalue weighted by atomic mass is 32.2. The van der Waals surface area contributed by atoms with Gasteiger partial charge in [0, 0.05) is 31.9 Å². The molecule has 1 aromatic carbocycles. The molecule has 2 rings (SSSR count). The molecular formula is C16H24N2O4S. The van der Waals surface area contributed by atoms with Gasteiger partial charge < -0.3 is 9.64 Å². The van der Waals surface area contributed by atoms with Crippen LogP contribution >= 0.6 is 0 Å². The van der Waals surface area contributed by atoms with Crippen LogP contribution in [0.2, 0.25) is 0 Å². The molecule has 0 N–H and O–H groups in total. The number of carbonyl (C=O) groups excluding carboxylic acids is 1. The zero-order chi connectivity index (χ0) is 16.9. The van der Waals surface area contributed by atoms with E-state index in [2.05, 4.69) is 9.64 Å². The molecule has 0 aromatic heterocycles. The molecule has 0 saturated carbocycles. The SMILES string of the molecule is CCCCS(=O)(=O)N1CCN(c2ccc(C(=O)OC)cc2)CC1. The Balaban J connectivity index is 1.95. The molecule has 0 amide bonds. The quantitative estimate of drug-likeness (QED) is 0.738. The maximum Gasteiger partial charge on any atom is 0.337 e. The molecule has 1 heterocycles. The third kappa shape index (κ3) is 4.45. The standard InChI is InChI=1S/C16H24N2O4S/c1-3-4-13-23(20,21)18-11-9-17(10-12-18)15-7-5-14(6-8-15)16(19)22-2/h5-8H,3-4,9-13H2,1-2H3. The first-order valence-electron chi connectivity index (χ1n) is 7.89. The fourth-order valence-corrected chi connectivity index (χ4v) is 4.24. The molecule has 0 radical (unpaired) electrons. The van der Waals surface area contributed by atoms with E-state index in [1.54, 1.807) is 16.4 Å². The predicted octanol–water partition coefficient (Wildman–Crippen LogP) is 1.73. The van der Waals surface area contributed by atoms with Crippen molar-refractivity contribution in [2.45, 2.75) is 19.8 Å². The minimum absolute atomic E-state index is 0.233. The van der Waals surface area contributed by atoms with Crippen LogP contribution in [0.5, 0.6) is 0 Å². The van der Waals surface area contributed by atoms with E-state index in [0.29, 0.717) is 38.2 Å². The first kappa shape index (κ1) is 17.7. The van der Waals surface area contributed by atoms with Gasteiger partial charge in [-0.1, -0.05) is 13.3 Å². The van der Waals surface area contributed by atoms with E-state index in [4.69, 9.17) is 0 Å². The Bertz CT molecular complexity index is 620. The number of piperazine rings is 1. The average molecular weight is 340 g/mol. The highest BCUT2D eigenvalue weighted by molar-refractivity contribution is 7.89. The zero-order valence-corrected chi connectivity index (χ0v) is 14.5. The molecule has 0 bridgehead atoms. The lowest BCUT2D eigenvalue weighted by atomic mass is 10.2. The summed E-state index contributed by atoms with van der Waals surface area (Å²) in [4.78, 5) is 13.6. The summed E-state index contributed by atoms with van der Waals surface area (Å²) in [7, 11) is -1.77. The number of esters is 1. The summed E-state index contributed by atoms with van der Waals surface area (Å²) in [6.07, 6.45) is 1.59. The second-order valence-corrected chi connectivity index (χ2v) is 7.68. The third-order valence-corrected chi connectivity index (χ3v) is 6.00. The molecule has 1 fully saturated rings. The summed E-state index contributed by atoms with van der Waals surface area (Å²) in [5.74, 6) is -0.125. The molecule has 0 atom stereocenters. The molecule has 23 heavy (non-hydrogen) atoms. The number of benzene rings is 1. The Morgan fingerprint density at radius 2 is 1.74 bits per heavy atom. The molecule has 6 nitrogen and oxygen atoms in total. The van der Waals surface area contributed by atoms with Gasteiger partial charge in [0.2, 0.25) is 10.0 Å². The lowest BCUT2D eigenvalue weighted by molar-refractivity contribution is 0.0600. The van der Waals surface area contributed by atoms with E-state index >= 15 is 0 Å². The van der Waals surface area contributed by atoms with Crippen molar-refractivity contribution in [1.82, 2.24) is 4.31 Å². The number of methoxy groups -OCH3 is 1. The normalized spacial score (nSPS) is 16.3. The van der Waals surface area contributed by atoms with Gasteiger partial charge in [0.1, 0.15) is 0 Å². The third-order valence-electron chi connectivity index (χ3n) is 4.04. The number of hydrogen-bond acceptors (Lipinski definition) is 5. The van der Waals surface area contributed by atoms with Crippen LogP contribution in [0.1, 0.15) is 30.1 Å². The summed E-state index contributed by atoms with van der Waals surface area (Å²) in [5.41, 5.74) is 1.50. The largest absolute Gasteiger partial charge is 0.465 e. The number of unbranched alkanes of at least 4 members (excludes halogenated alkanes) is 1. The van der Waals surface area contributed by atoms with E-state index in [1.165, 1.54) is 7.11 Å². The number of carbonyl (C=O) groups is 1. The lowest BCUT2D eigenvalue weighted by Crippen LogP contribution is -2.49. The number of hydrogen-bond donors (Lipinski definition) is 0. The van der Waals surface area contributed by atoms with Crippen LogP contribution in [0.4, 0.5) is 5.69 Å². The Hall–Kier alpha value is -1.60. The molecule has 0 spiro atoms. The Kier molecular flexibility index (Phi) is 6.01. The molecule has 1 saturated heterocycles. The van der Waals surface area contributed by atoms with Crippen LogP contribution in [0.15, 0.2) is 24.3 Å². The van der Waals surface area contributed by atoms with Crippen molar-refractivity contribution in [3.63, 3.8) is 0 Å². The number of nitrogens with zero attached hydrogens (tertiary/aromatic N) is 2. The van der Waals surface area contributed by atoms with Gasteiger partial charge in [-0.3, -0.25) is 0 Å². The average Bonchev–Trinajstić information content (AvgIpc) is 2.59. The molecule has 1 aliphatic rings. The molecular weight excluding hydrogens is 316 g/mol. The van der Waals surface area contributed by atoms with Crippen molar-refractivity contribution in [3.8, 4) is 0 Å². The fraction of sp³-hybridized carbons (Fsp3) is 0.562. The van der Waals surface area contributed by atoms with E-state index in [9.17, 15) is 13.2 Å². The molecule has 128 valence electrons. The van der Waals surface area contributed by atoms with Crippen molar-refractivity contribution in [3.05, 3.63) is 29.8 Å². The van der Waals surface area contributed by atoms with Crippen LogP contribution in [0.3, 0.4) is 0 Å². The number of ether oxygens (including phenoxy) is 1. The van der Waals surface area contributed by atoms with Crippen LogP contribution < -0.4 is 4.90 Å². The second-order valence-electron chi connectivity index (χ2n) is 5.59. The predicted molar refractivity (Wildman–Crippen MR) is 90.3 cm³/mol. The van der Waals surface area contributed by atoms with E-state index in [-0.39, 0.29) is 11.7 Å². The summed E-state index contributed by atoms with van der Waals surface area (Å²) < 4.78 is 30.7. The molecule has 1 aliphatic heterocycles. The zero-order valence-electron chi connectivity index (χ0n) is 13.7. The summed E-state index contributed by atoms with van der Waals surface area (Å²) in [6, 6.07) is 7.19. The van der Waals surface area contributed by atoms with Gasteiger partial charge >= 0.3 is 5.97 Å². The van der Waals surface area contributed by atoms with Gasteiger partial charge in [0.05, 0.1) is 18.4 Å². The topological polar surface area (TPSA) is 66.9 Å². The smallest absolute Gasteiger partial charge is 0.337 e. The monoisotopic (exact) mass is 340 g/mol. The number of rotatable bonds is 6. The first-order valence-corrected chi connectivity index (χ1v) is 9.50. The maximum absolute atomic E-state index is 12.2. The van der Waals surface area contributed by atoms with Crippen LogP contribution in [-0.4, -0.2) is 57.7 Å². The Morgan fingerprint density at radius 1 is 1.13 bits per heavy atom. The van der Waals surface area contributed by atoms with Crippen LogP contribution in [0.25, 0.3) is 0 Å². The first-order chi connectivity index (χ1) is 11.0. The minimum Gasteiger partial charge on any atom is -0.465 e. The van der Waals surface area contributed by atoms with Crippen LogP contribution in [-0.2, 0) is 14.8 Å². The van der Waals surface area contributed by atoms with Gasteiger partial charge in [-0.2, -0.15) is 4.31 Å². The van der Waals surface area contributed by atoms with Crippen molar-refractivity contribution in [1.29, 1.82) is 0 Å². The molecule has 1 aromatic rings. The van der Waals surface area contributed by atoms with Crippen molar-refractivity contribution < 1.29 is 17.9 Å². The summed E-state index contributed by atoms with van der Waals surface area (Å²) in [6.45, 7) is 4.31. The number of anilines is 1. The van der Waals surface area contributed by atoms with Crippen molar-refractivity contribution in [2.75, 3.05) is 43.9 Å². The molecule has 7 heteroatoms. The maximum atomic E-state index is 12.2. The highest BCUT2D eigenvalue weighted by Crippen LogP contribution is 2.19. The van der Waals surface area contributed by atoms with Gasteiger partial charge in [-0.05, 0) is 30.7 Å². The van der Waals surface area contributed by atoms with Gasteiger partial charge in [0.15, 0.2) is 0 Å². The van der Waals surface area contributed by atoms with Gasteiger partial charge in [-0.25, -0.2) is 13.2 Å². The van der Waals surface area contributed by atoms with Crippen molar-refractivity contribution >= 4 is 21.7 Å². The Labute approximate surface area is 138 Å². The lowest BCUT2D eigenvalue weighted by Gasteiger charge is -2.35. The molecule has 0 aliphatic carbocycles. The van der Waals surface area contributed by atoms with E-state index in [0.717, 1.165) is 12.1 Å². The summed E-state index contributed by atoms with van der Waals surface area (Å²) in [5, 5.41) is 0. The second kappa shape index (κ2) is 7.79. The van der Waals surface area contributed by atoms with Crippen molar-refractivity contribution in [2.24, 2.45) is 0 Å².